The Morgan fingerprint density at radius 3 is 3.00 bits per heavy atom. The van der Waals surface area contributed by atoms with Crippen LogP contribution in [-0.4, -0.2) is 20.9 Å². The van der Waals surface area contributed by atoms with Crippen molar-refractivity contribution in [3.05, 3.63) is 16.4 Å². The average Bonchev–Trinajstić information content (AvgIpc) is 2.56. The van der Waals surface area contributed by atoms with Gasteiger partial charge in [0.25, 0.3) is 0 Å². The lowest BCUT2D eigenvalue weighted by Gasteiger charge is -1.98. The Labute approximate surface area is 80.1 Å². The van der Waals surface area contributed by atoms with Crippen molar-refractivity contribution in [3.63, 3.8) is 0 Å². The molecule has 5 heteroatoms. The number of hydrogen-bond donors (Lipinski definition) is 1. The highest BCUT2D eigenvalue weighted by atomic mass is 35.5. The third-order valence-electron chi connectivity index (χ3n) is 2.19. The summed E-state index contributed by atoms with van der Waals surface area (Å²) in [5.41, 5.74) is 1.99. The van der Waals surface area contributed by atoms with Gasteiger partial charge in [-0.3, -0.25) is 4.79 Å². The summed E-state index contributed by atoms with van der Waals surface area (Å²) in [6.45, 7) is -0.147. The molecule has 0 spiro atoms. The lowest BCUT2D eigenvalue weighted by Crippen LogP contribution is -2.10. The standard InChI is InChI=1S/C8H9ClN2O2/c9-8-5-2-1-3-6(5)10-11(8)4-7(12)13/h1-4H2,(H,12,13). The highest BCUT2D eigenvalue weighted by Gasteiger charge is 2.21. The molecule has 0 aliphatic heterocycles. The molecule has 0 saturated carbocycles. The normalized spacial score (nSPS) is 14.5. The van der Waals surface area contributed by atoms with Gasteiger partial charge in [0, 0.05) is 5.56 Å². The van der Waals surface area contributed by atoms with E-state index in [0.717, 1.165) is 30.5 Å². The Kier molecular flexibility index (Phi) is 2.00. The van der Waals surface area contributed by atoms with Crippen LogP contribution in [0.15, 0.2) is 0 Å². The van der Waals surface area contributed by atoms with E-state index in [4.69, 9.17) is 16.7 Å². The van der Waals surface area contributed by atoms with Crippen LogP contribution in [0.1, 0.15) is 17.7 Å². The fraction of sp³-hybridized carbons (Fsp3) is 0.500. The average molecular weight is 201 g/mol. The number of carbonyl (C=O) groups is 1. The third-order valence-corrected chi connectivity index (χ3v) is 2.61. The van der Waals surface area contributed by atoms with Gasteiger partial charge in [-0.15, -0.1) is 0 Å². The van der Waals surface area contributed by atoms with E-state index in [1.807, 2.05) is 0 Å². The van der Waals surface area contributed by atoms with Crippen molar-refractivity contribution in [2.24, 2.45) is 0 Å². The molecule has 1 aliphatic rings. The minimum atomic E-state index is -0.914. The smallest absolute Gasteiger partial charge is 0.325 e. The van der Waals surface area contributed by atoms with Crippen LogP contribution in [0.25, 0.3) is 0 Å². The van der Waals surface area contributed by atoms with Crippen molar-refractivity contribution in [2.75, 3.05) is 0 Å². The quantitative estimate of drug-likeness (QED) is 0.778. The van der Waals surface area contributed by atoms with E-state index in [0.29, 0.717) is 5.15 Å². The lowest BCUT2D eigenvalue weighted by atomic mass is 10.3. The number of aryl methyl sites for hydroxylation is 1. The number of halogens is 1. The SMILES string of the molecule is O=C(O)Cn1nc2c(c1Cl)CCC2. The van der Waals surface area contributed by atoms with Gasteiger partial charge in [0.15, 0.2) is 0 Å². The number of fused-ring (bicyclic) bond motifs is 1. The Bertz CT molecular complexity index is 359. The molecule has 1 aromatic heterocycles. The number of carboxylic acid groups (broad SMARTS) is 1. The van der Waals surface area contributed by atoms with Crippen LogP contribution >= 0.6 is 11.6 Å². The molecule has 4 nitrogen and oxygen atoms in total. The van der Waals surface area contributed by atoms with E-state index in [2.05, 4.69) is 5.10 Å². The number of aliphatic carboxylic acids is 1. The van der Waals surface area contributed by atoms with E-state index in [9.17, 15) is 4.79 Å². The van der Waals surface area contributed by atoms with Crippen molar-refractivity contribution in [1.82, 2.24) is 9.78 Å². The van der Waals surface area contributed by atoms with Crippen LogP contribution < -0.4 is 0 Å². The summed E-state index contributed by atoms with van der Waals surface area (Å²) >= 11 is 5.95. The van der Waals surface area contributed by atoms with Crippen LogP contribution in [0.3, 0.4) is 0 Å². The van der Waals surface area contributed by atoms with Crippen LogP contribution in [0, 0.1) is 0 Å². The minimum absolute atomic E-state index is 0.147. The molecule has 70 valence electrons. The molecule has 0 bridgehead atoms. The number of aromatic nitrogens is 2. The second-order valence-corrected chi connectivity index (χ2v) is 3.48. The molecule has 0 atom stereocenters. The molecule has 1 heterocycles. The van der Waals surface area contributed by atoms with E-state index in [-0.39, 0.29) is 6.54 Å². The van der Waals surface area contributed by atoms with Gasteiger partial charge < -0.3 is 5.11 Å². The largest absolute Gasteiger partial charge is 0.480 e. The van der Waals surface area contributed by atoms with Crippen molar-refractivity contribution in [1.29, 1.82) is 0 Å². The molecular formula is C8H9ClN2O2. The van der Waals surface area contributed by atoms with Gasteiger partial charge in [-0.05, 0) is 19.3 Å². The van der Waals surface area contributed by atoms with Gasteiger partial charge in [-0.1, -0.05) is 11.6 Å². The number of nitrogens with zero attached hydrogens (tertiary/aromatic N) is 2. The third kappa shape index (κ3) is 1.42. The fourth-order valence-electron chi connectivity index (χ4n) is 1.64. The van der Waals surface area contributed by atoms with Crippen LogP contribution in [0.4, 0.5) is 0 Å². The molecule has 1 N–H and O–H groups in total. The monoisotopic (exact) mass is 200 g/mol. The van der Waals surface area contributed by atoms with Gasteiger partial charge >= 0.3 is 5.97 Å². The topological polar surface area (TPSA) is 55.1 Å². The first-order chi connectivity index (χ1) is 6.18. The van der Waals surface area contributed by atoms with E-state index >= 15 is 0 Å². The summed E-state index contributed by atoms with van der Waals surface area (Å²) in [6.07, 6.45) is 2.92. The highest BCUT2D eigenvalue weighted by Crippen LogP contribution is 2.28. The van der Waals surface area contributed by atoms with Gasteiger partial charge in [-0.25, -0.2) is 4.68 Å². The second-order valence-electron chi connectivity index (χ2n) is 3.12. The molecule has 2 rings (SSSR count). The summed E-state index contributed by atoms with van der Waals surface area (Å²) in [4.78, 5) is 10.4. The molecule has 1 aromatic rings. The van der Waals surface area contributed by atoms with Gasteiger partial charge in [0.2, 0.25) is 0 Å². The van der Waals surface area contributed by atoms with Crippen LogP contribution in [0.2, 0.25) is 5.15 Å². The van der Waals surface area contributed by atoms with Gasteiger partial charge in [0.1, 0.15) is 11.7 Å². The Morgan fingerprint density at radius 2 is 2.38 bits per heavy atom. The van der Waals surface area contributed by atoms with Crippen LogP contribution in [-0.2, 0) is 24.2 Å². The first kappa shape index (κ1) is 8.56. The second kappa shape index (κ2) is 3.03. The predicted octanol–water partition coefficient (Wildman–Crippen LogP) is 1.11. The molecule has 0 amide bonds. The highest BCUT2D eigenvalue weighted by molar-refractivity contribution is 6.30. The molecular weight excluding hydrogens is 192 g/mol. The van der Waals surface area contributed by atoms with Crippen molar-refractivity contribution in [2.45, 2.75) is 25.8 Å². The summed E-state index contributed by atoms with van der Waals surface area (Å²) in [5.74, 6) is -0.914. The Morgan fingerprint density at radius 1 is 1.62 bits per heavy atom. The Balaban J connectivity index is 2.33. The van der Waals surface area contributed by atoms with Crippen molar-refractivity contribution >= 4 is 17.6 Å². The zero-order chi connectivity index (χ0) is 9.42. The Hall–Kier alpha value is -1.03. The molecule has 0 unspecified atom stereocenters. The van der Waals surface area contributed by atoms with E-state index in [1.165, 1.54) is 4.68 Å². The van der Waals surface area contributed by atoms with Gasteiger partial charge in [0.05, 0.1) is 5.69 Å². The lowest BCUT2D eigenvalue weighted by molar-refractivity contribution is -0.137. The van der Waals surface area contributed by atoms with Crippen LogP contribution in [0.5, 0.6) is 0 Å². The maximum Gasteiger partial charge on any atom is 0.325 e. The maximum atomic E-state index is 10.4. The van der Waals surface area contributed by atoms with E-state index in [1.54, 1.807) is 0 Å². The number of rotatable bonds is 2. The number of carboxylic acids is 1. The summed E-state index contributed by atoms with van der Waals surface area (Å²) < 4.78 is 1.35. The van der Waals surface area contributed by atoms with Crippen molar-refractivity contribution in [3.8, 4) is 0 Å². The fourth-order valence-corrected chi connectivity index (χ4v) is 1.94. The van der Waals surface area contributed by atoms with Gasteiger partial charge in [-0.2, -0.15) is 5.10 Å². The molecule has 13 heavy (non-hydrogen) atoms. The molecule has 1 aliphatic carbocycles. The predicted molar refractivity (Wildman–Crippen MR) is 46.9 cm³/mol. The molecule has 0 fully saturated rings. The maximum absolute atomic E-state index is 10.4. The zero-order valence-corrected chi connectivity index (χ0v) is 7.71. The minimum Gasteiger partial charge on any atom is -0.480 e. The summed E-state index contributed by atoms with van der Waals surface area (Å²) in [7, 11) is 0. The summed E-state index contributed by atoms with van der Waals surface area (Å²) in [5, 5.41) is 13.2. The molecule has 0 radical (unpaired) electrons. The number of hydrogen-bond acceptors (Lipinski definition) is 2. The molecule has 0 saturated heterocycles. The molecule has 0 aromatic carbocycles. The first-order valence-electron chi connectivity index (χ1n) is 4.14. The van der Waals surface area contributed by atoms with E-state index < -0.39 is 5.97 Å². The van der Waals surface area contributed by atoms with Crippen molar-refractivity contribution < 1.29 is 9.90 Å². The zero-order valence-electron chi connectivity index (χ0n) is 6.96. The first-order valence-corrected chi connectivity index (χ1v) is 4.52. The summed E-state index contributed by atoms with van der Waals surface area (Å²) in [6, 6.07) is 0.